The average molecular weight is 242 g/mol. The summed E-state index contributed by atoms with van der Waals surface area (Å²) in [4.78, 5) is 34.8. The van der Waals surface area contributed by atoms with Gasteiger partial charge in [-0.15, -0.1) is 0 Å². The van der Waals surface area contributed by atoms with Crippen LogP contribution < -0.4 is 5.43 Å². The van der Waals surface area contributed by atoms with Gasteiger partial charge in [0.15, 0.2) is 0 Å². The Bertz CT molecular complexity index is 346. The molecule has 0 aromatic carbocycles. The van der Waals surface area contributed by atoms with Crippen molar-refractivity contribution in [1.82, 2.24) is 10.4 Å². The zero-order chi connectivity index (χ0) is 13.2. The highest BCUT2D eigenvalue weighted by Gasteiger charge is 2.36. The maximum Gasteiger partial charge on any atom is 0.311 e. The number of carbonyl (C=O) groups is 3. The Morgan fingerprint density at radius 3 is 2.47 bits per heavy atom. The van der Waals surface area contributed by atoms with E-state index in [2.05, 4.69) is 10.2 Å². The molecule has 0 radical (unpaired) electrons. The lowest BCUT2D eigenvalue weighted by molar-refractivity contribution is -0.159. The average Bonchev–Trinajstić information content (AvgIpc) is 2.24. The van der Waals surface area contributed by atoms with Crippen molar-refractivity contribution in [3.8, 4) is 0 Å². The Kier molecular flexibility index (Phi) is 3.75. The summed E-state index contributed by atoms with van der Waals surface area (Å²) in [6.45, 7) is 5.42. The van der Waals surface area contributed by atoms with E-state index >= 15 is 0 Å². The lowest BCUT2D eigenvalue weighted by atomic mass is 9.94. The molecule has 1 aliphatic rings. The number of rotatable bonds is 1. The zero-order valence-corrected chi connectivity index (χ0v) is 10.6. The van der Waals surface area contributed by atoms with E-state index in [9.17, 15) is 14.4 Å². The van der Waals surface area contributed by atoms with Crippen LogP contribution in [0, 0.1) is 11.3 Å². The molecule has 0 aromatic rings. The molecule has 0 aliphatic carbocycles. The van der Waals surface area contributed by atoms with Crippen molar-refractivity contribution in [3.05, 3.63) is 0 Å². The van der Waals surface area contributed by atoms with Crippen LogP contribution in [0.25, 0.3) is 0 Å². The molecule has 1 fully saturated rings. The van der Waals surface area contributed by atoms with E-state index in [1.165, 1.54) is 12.1 Å². The van der Waals surface area contributed by atoms with Crippen LogP contribution in [0.5, 0.6) is 0 Å². The van der Waals surface area contributed by atoms with Crippen LogP contribution in [0.3, 0.4) is 0 Å². The summed E-state index contributed by atoms with van der Waals surface area (Å²) in [7, 11) is 1.27. The van der Waals surface area contributed by atoms with Gasteiger partial charge in [-0.05, 0) is 0 Å². The second-order valence-corrected chi connectivity index (χ2v) is 5.12. The molecule has 0 bridgehead atoms. The van der Waals surface area contributed by atoms with Gasteiger partial charge in [0.2, 0.25) is 11.8 Å². The normalized spacial score (nSPS) is 20.8. The third-order valence-electron chi connectivity index (χ3n) is 2.52. The first-order chi connectivity index (χ1) is 7.75. The summed E-state index contributed by atoms with van der Waals surface area (Å²) in [6.07, 6.45) is 0.0561. The standard InChI is InChI=1S/C11H18N2O4/c1-11(2,3)10(16)13-6-7(9(15)17-4)5-8(14)12-13/h7H,5-6H2,1-4H3,(H,12,14). The van der Waals surface area contributed by atoms with E-state index in [1.54, 1.807) is 20.8 Å². The molecule has 0 aromatic heterocycles. The van der Waals surface area contributed by atoms with Crippen LogP contribution in [0.4, 0.5) is 0 Å². The third kappa shape index (κ3) is 3.18. The van der Waals surface area contributed by atoms with E-state index < -0.39 is 17.3 Å². The summed E-state index contributed by atoms with van der Waals surface area (Å²) in [5, 5.41) is 1.20. The van der Waals surface area contributed by atoms with Crippen LogP contribution >= 0.6 is 0 Å². The Hall–Kier alpha value is -1.59. The number of amides is 2. The van der Waals surface area contributed by atoms with Crippen LogP contribution in [0.1, 0.15) is 27.2 Å². The maximum absolute atomic E-state index is 12.0. The Morgan fingerprint density at radius 2 is 2.00 bits per heavy atom. The van der Waals surface area contributed by atoms with Gasteiger partial charge in [-0.3, -0.25) is 24.8 Å². The largest absolute Gasteiger partial charge is 0.469 e. The van der Waals surface area contributed by atoms with Crippen molar-refractivity contribution in [2.24, 2.45) is 11.3 Å². The van der Waals surface area contributed by atoms with Gasteiger partial charge >= 0.3 is 5.97 Å². The molecule has 6 nitrogen and oxygen atoms in total. The lowest BCUT2D eigenvalue weighted by Gasteiger charge is -2.35. The fourth-order valence-electron chi connectivity index (χ4n) is 1.61. The Labute approximate surface area is 100 Å². The number of nitrogens with one attached hydrogen (secondary N) is 1. The smallest absolute Gasteiger partial charge is 0.311 e. The van der Waals surface area contributed by atoms with Crippen molar-refractivity contribution >= 4 is 17.8 Å². The first-order valence-corrected chi connectivity index (χ1v) is 5.45. The van der Waals surface area contributed by atoms with Gasteiger partial charge in [-0.25, -0.2) is 0 Å². The predicted octanol–water partition coefficient (Wildman–Crippen LogP) is 0.0852. The molecule has 6 heteroatoms. The number of hydrogen-bond donors (Lipinski definition) is 1. The molecule has 1 atom stereocenters. The molecule has 0 spiro atoms. The summed E-state index contributed by atoms with van der Waals surface area (Å²) in [5.41, 5.74) is 1.86. The first kappa shape index (κ1) is 13.5. The molecule has 1 heterocycles. The molecule has 2 amide bonds. The summed E-state index contributed by atoms with van der Waals surface area (Å²) < 4.78 is 4.59. The van der Waals surface area contributed by atoms with Gasteiger partial charge in [-0.1, -0.05) is 20.8 Å². The second kappa shape index (κ2) is 4.73. The van der Waals surface area contributed by atoms with E-state index in [4.69, 9.17) is 0 Å². The van der Waals surface area contributed by atoms with Gasteiger partial charge < -0.3 is 4.74 Å². The molecule has 1 saturated heterocycles. The first-order valence-electron chi connectivity index (χ1n) is 5.45. The van der Waals surface area contributed by atoms with E-state index in [0.29, 0.717) is 0 Å². The van der Waals surface area contributed by atoms with Gasteiger partial charge in [0.05, 0.1) is 19.6 Å². The number of carbonyl (C=O) groups excluding carboxylic acids is 3. The number of hydrogen-bond acceptors (Lipinski definition) is 4. The molecular weight excluding hydrogens is 224 g/mol. The minimum atomic E-state index is -0.606. The molecule has 1 N–H and O–H groups in total. The molecule has 1 aliphatic heterocycles. The van der Waals surface area contributed by atoms with Crippen molar-refractivity contribution in [2.45, 2.75) is 27.2 Å². The van der Waals surface area contributed by atoms with Crippen molar-refractivity contribution in [2.75, 3.05) is 13.7 Å². The monoisotopic (exact) mass is 242 g/mol. The van der Waals surface area contributed by atoms with Gasteiger partial charge in [0, 0.05) is 11.8 Å². The van der Waals surface area contributed by atoms with Crippen LogP contribution in [-0.4, -0.2) is 36.4 Å². The quantitative estimate of drug-likeness (QED) is 0.661. The van der Waals surface area contributed by atoms with E-state index in [1.807, 2.05) is 0 Å². The number of methoxy groups -OCH3 is 1. The summed E-state index contributed by atoms with van der Waals surface area (Å²) >= 11 is 0. The van der Waals surface area contributed by atoms with Gasteiger partial charge in [0.1, 0.15) is 0 Å². The molecule has 1 unspecified atom stereocenters. The SMILES string of the molecule is COC(=O)C1CC(=O)NN(C(=O)C(C)(C)C)C1. The summed E-state index contributed by atoms with van der Waals surface area (Å²) in [6, 6.07) is 0. The number of esters is 1. The zero-order valence-electron chi connectivity index (χ0n) is 10.6. The Morgan fingerprint density at radius 1 is 1.41 bits per heavy atom. The third-order valence-corrected chi connectivity index (χ3v) is 2.52. The molecule has 0 saturated carbocycles. The fourth-order valence-corrected chi connectivity index (χ4v) is 1.61. The molecule has 96 valence electrons. The van der Waals surface area contributed by atoms with E-state index in [0.717, 1.165) is 0 Å². The molecular formula is C11H18N2O4. The van der Waals surface area contributed by atoms with Gasteiger partial charge in [-0.2, -0.15) is 0 Å². The molecule has 1 rings (SSSR count). The van der Waals surface area contributed by atoms with Crippen LogP contribution in [-0.2, 0) is 19.1 Å². The minimum Gasteiger partial charge on any atom is -0.469 e. The van der Waals surface area contributed by atoms with Gasteiger partial charge in [0.25, 0.3) is 0 Å². The minimum absolute atomic E-state index is 0.0561. The summed E-state index contributed by atoms with van der Waals surface area (Å²) in [5.74, 6) is -1.62. The highest BCUT2D eigenvalue weighted by molar-refractivity contribution is 5.89. The Balaban J connectivity index is 2.79. The van der Waals surface area contributed by atoms with Crippen molar-refractivity contribution < 1.29 is 19.1 Å². The maximum atomic E-state index is 12.0. The number of ether oxygens (including phenoxy) is 1. The highest BCUT2D eigenvalue weighted by atomic mass is 16.5. The lowest BCUT2D eigenvalue weighted by Crippen LogP contribution is -2.57. The predicted molar refractivity (Wildman–Crippen MR) is 59.4 cm³/mol. The second-order valence-electron chi connectivity index (χ2n) is 5.12. The number of hydrazine groups is 1. The highest BCUT2D eigenvalue weighted by Crippen LogP contribution is 2.20. The van der Waals surface area contributed by atoms with Crippen molar-refractivity contribution in [3.63, 3.8) is 0 Å². The topological polar surface area (TPSA) is 75.7 Å². The van der Waals surface area contributed by atoms with Crippen LogP contribution in [0.15, 0.2) is 0 Å². The fraction of sp³-hybridized carbons (Fsp3) is 0.727. The van der Waals surface area contributed by atoms with E-state index in [-0.39, 0.29) is 24.8 Å². The van der Waals surface area contributed by atoms with Crippen LogP contribution in [0.2, 0.25) is 0 Å². The molecule has 17 heavy (non-hydrogen) atoms. The number of nitrogens with zero attached hydrogens (tertiary/aromatic N) is 1. The van der Waals surface area contributed by atoms with Crippen molar-refractivity contribution in [1.29, 1.82) is 0 Å².